The third kappa shape index (κ3) is 4.60. The Labute approximate surface area is 205 Å². The number of hydrogen-bond donors (Lipinski definition) is 0. The summed E-state index contributed by atoms with van der Waals surface area (Å²) < 4.78 is 51.5. The first-order chi connectivity index (χ1) is 17.2. The monoisotopic (exact) mass is 496 g/mol. The molecule has 0 aliphatic carbocycles. The molecule has 0 spiro atoms. The smallest absolute Gasteiger partial charge is 0.409 e. The summed E-state index contributed by atoms with van der Waals surface area (Å²) in [6.45, 7) is 0.393. The summed E-state index contributed by atoms with van der Waals surface area (Å²) in [5, 5.41) is 0. The normalized spacial score (nSPS) is 19.4. The standard InChI is InChI=1S/C27H23F3N2O4/c1-31-19(16-35-26(31)34)14-17-6-10-20(11-7-17)36-21-12-8-18(9-13-21)15-32-23-5-3-2-4-22(23)24(25(32)33)27(28,29)30/h2-13,19,24H,14-16H2,1H3. The minimum atomic E-state index is -4.65. The van der Waals surface area contributed by atoms with Crippen LogP contribution in [0.4, 0.5) is 23.7 Å². The van der Waals surface area contributed by atoms with Gasteiger partial charge in [0.1, 0.15) is 18.1 Å². The quantitative estimate of drug-likeness (QED) is 0.442. The van der Waals surface area contributed by atoms with Crippen LogP contribution < -0.4 is 9.64 Å². The lowest BCUT2D eigenvalue weighted by atomic mass is 10.0. The number of carbonyl (C=O) groups excluding carboxylic acids is 2. The highest BCUT2D eigenvalue weighted by Crippen LogP contribution is 2.46. The first-order valence-electron chi connectivity index (χ1n) is 11.4. The highest BCUT2D eigenvalue weighted by atomic mass is 19.4. The van der Waals surface area contributed by atoms with Crippen molar-refractivity contribution in [3.05, 3.63) is 89.5 Å². The Morgan fingerprint density at radius 2 is 1.53 bits per heavy atom. The predicted molar refractivity (Wildman–Crippen MR) is 126 cm³/mol. The molecule has 0 radical (unpaired) electrons. The molecule has 0 saturated carbocycles. The summed E-state index contributed by atoms with van der Waals surface area (Å²) in [5.74, 6) is -1.93. The number of alkyl halides is 3. The molecule has 6 nitrogen and oxygen atoms in total. The van der Waals surface area contributed by atoms with Gasteiger partial charge in [0.05, 0.1) is 12.6 Å². The number of para-hydroxylation sites is 1. The number of halogens is 3. The van der Waals surface area contributed by atoms with E-state index in [1.54, 1.807) is 42.3 Å². The van der Waals surface area contributed by atoms with Crippen molar-refractivity contribution in [1.29, 1.82) is 0 Å². The largest absolute Gasteiger partial charge is 0.457 e. The maximum atomic E-state index is 13.5. The van der Waals surface area contributed by atoms with E-state index in [2.05, 4.69) is 0 Å². The first-order valence-corrected chi connectivity index (χ1v) is 11.4. The number of fused-ring (bicyclic) bond motifs is 1. The SMILES string of the molecule is CN1C(=O)OCC1Cc1ccc(Oc2ccc(CN3C(=O)C(C(F)(F)F)c4ccccc43)cc2)cc1. The Balaban J connectivity index is 1.23. The van der Waals surface area contributed by atoms with Gasteiger partial charge in [-0.25, -0.2) is 4.79 Å². The summed E-state index contributed by atoms with van der Waals surface area (Å²) in [6.07, 6.45) is -4.29. The molecule has 2 aliphatic heterocycles. The van der Waals surface area contributed by atoms with E-state index < -0.39 is 18.0 Å². The minimum Gasteiger partial charge on any atom is -0.457 e. The molecule has 3 aromatic carbocycles. The number of anilines is 1. The Hall–Kier alpha value is -4.01. The van der Waals surface area contributed by atoms with E-state index in [4.69, 9.17) is 9.47 Å². The fourth-order valence-electron chi connectivity index (χ4n) is 4.54. The Morgan fingerprint density at radius 1 is 0.917 bits per heavy atom. The number of rotatable bonds is 6. The van der Waals surface area contributed by atoms with Crippen molar-refractivity contribution >= 4 is 17.7 Å². The predicted octanol–water partition coefficient (Wildman–Crippen LogP) is 5.66. The summed E-state index contributed by atoms with van der Waals surface area (Å²) in [7, 11) is 1.72. The highest BCUT2D eigenvalue weighted by molar-refractivity contribution is 6.05. The average molecular weight is 496 g/mol. The number of benzene rings is 3. The molecule has 0 bridgehead atoms. The summed E-state index contributed by atoms with van der Waals surface area (Å²) >= 11 is 0. The fourth-order valence-corrected chi connectivity index (χ4v) is 4.54. The van der Waals surface area contributed by atoms with Gasteiger partial charge < -0.3 is 19.3 Å². The van der Waals surface area contributed by atoms with Crippen LogP contribution in [0.1, 0.15) is 22.6 Å². The molecule has 5 rings (SSSR count). The average Bonchev–Trinajstić information content (AvgIpc) is 3.32. The third-order valence-corrected chi connectivity index (χ3v) is 6.51. The molecule has 2 heterocycles. The number of nitrogens with zero attached hydrogens (tertiary/aromatic N) is 2. The van der Waals surface area contributed by atoms with Gasteiger partial charge in [-0.2, -0.15) is 13.2 Å². The lowest BCUT2D eigenvalue weighted by molar-refractivity contribution is -0.161. The van der Waals surface area contributed by atoms with Gasteiger partial charge in [0.25, 0.3) is 0 Å². The maximum absolute atomic E-state index is 13.5. The topological polar surface area (TPSA) is 59.1 Å². The van der Waals surface area contributed by atoms with Crippen LogP contribution >= 0.6 is 0 Å². The van der Waals surface area contributed by atoms with Crippen LogP contribution in [0.25, 0.3) is 0 Å². The molecule has 36 heavy (non-hydrogen) atoms. The zero-order chi connectivity index (χ0) is 25.4. The maximum Gasteiger partial charge on any atom is 0.409 e. The number of cyclic esters (lactones) is 1. The molecular formula is C27H23F3N2O4. The number of hydrogen-bond acceptors (Lipinski definition) is 4. The molecular weight excluding hydrogens is 473 g/mol. The third-order valence-electron chi connectivity index (χ3n) is 6.51. The summed E-state index contributed by atoms with van der Waals surface area (Å²) in [4.78, 5) is 26.9. The Morgan fingerprint density at radius 3 is 2.11 bits per heavy atom. The molecule has 1 saturated heterocycles. The zero-order valence-corrected chi connectivity index (χ0v) is 19.4. The van der Waals surface area contributed by atoms with Crippen molar-refractivity contribution in [3.8, 4) is 11.5 Å². The van der Waals surface area contributed by atoms with E-state index >= 15 is 0 Å². The van der Waals surface area contributed by atoms with Gasteiger partial charge >= 0.3 is 12.3 Å². The molecule has 3 aromatic rings. The van der Waals surface area contributed by atoms with Crippen LogP contribution in [0, 0.1) is 0 Å². The minimum absolute atomic E-state index is 0.00215. The van der Waals surface area contributed by atoms with Crippen LogP contribution in [-0.2, 0) is 22.5 Å². The van der Waals surface area contributed by atoms with E-state index in [9.17, 15) is 22.8 Å². The lowest BCUT2D eigenvalue weighted by Gasteiger charge is -2.19. The van der Waals surface area contributed by atoms with Crippen LogP contribution in [0.15, 0.2) is 72.8 Å². The van der Waals surface area contributed by atoms with Crippen LogP contribution in [0.3, 0.4) is 0 Å². The van der Waals surface area contributed by atoms with E-state index in [1.807, 2.05) is 24.3 Å². The lowest BCUT2D eigenvalue weighted by Crippen LogP contribution is -2.34. The van der Waals surface area contributed by atoms with Crippen LogP contribution in [-0.4, -0.2) is 42.8 Å². The second kappa shape index (κ2) is 9.22. The second-order valence-corrected chi connectivity index (χ2v) is 8.89. The van der Waals surface area contributed by atoms with Gasteiger partial charge in [0.15, 0.2) is 5.92 Å². The van der Waals surface area contributed by atoms with Gasteiger partial charge in [-0.1, -0.05) is 42.5 Å². The van der Waals surface area contributed by atoms with E-state index in [0.717, 1.165) is 5.56 Å². The van der Waals surface area contributed by atoms with Crippen molar-refractivity contribution in [3.63, 3.8) is 0 Å². The van der Waals surface area contributed by atoms with Crippen molar-refractivity contribution in [2.45, 2.75) is 31.1 Å². The molecule has 1 fully saturated rings. The number of amides is 2. The van der Waals surface area contributed by atoms with Gasteiger partial charge in [-0.15, -0.1) is 0 Å². The number of ether oxygens (including phenoxy) is 2. The molecule has 0 aromatic heterocycles. The van der Waals surface area contributed by atoms with Crippen molar-refractivity contribution in [1.82, 2.24) is 4.90 Å². The number of carbonyl (C=O) groups is 2. The van der Waals surface area contributed by atoms with E-state index in [0.29, 0.717) is 30.1 Å². The Kier molecular flexibility index (Phi) is 6.07. The van der Waals surface area contributed by atoms with Crippen molar-refractivity contribution < 1.29 is 32.2 Å². The second-order valence-electron chi connectivity index (χ2n) is 8.89. The molecule has 2 aliphatic rings. The van der Waals surface area contributed by atoms with Gasteiger partial charge in [-0.3, -0.25) is 4.79 Å². The zero-order valence-electron chi connectivity index (χ0n) is 19.4. The summed E-state index contributed by atoms with van der Waals surface area (Å²) in [5.41, 5.74) is 1.99. The van der Waals surface area contributed by atoms with Gasteiger partial charge in [-0.05, 0) is 53.4 Å². The molecule has 9 heteroatoms. The van der Waals surface area contributed by atoms with Crippen LogP contribution in [0.2, 0.25) is 0 Å². The van der Waals surface area contributed by atoms with Crippen LogP contribution in [0.5, 0.6) is 11.5 Å². The molecule has 2 unspecified atom stereocenters. The van der Waals surface area contributed by atoms with Gasteiger partial charge in [0.2, 0.25) is 5.91 Å². The molecule has 0 N–H and O–H groups in total. The first kappa shape index (κ1) is 23.7. The van der Waals surface area contributed by atoms with Crippen molar-refractivity contribution in [2.24, 2.45) is 0 Å². The fraction of sp³-hybridized carbons (Fsp3) is 0.259. The van der Waals surface area contributed by atoms with E-state index in [-0.39, 0.29) is 29.9 Å². The molecule has 186 valence electrons. The van der Waals surface area contributed by atoms with Gasteiger partial charge in [0, 0.05) is 12.7 Å². The highest BCUT2D eigenvalue weighted by Gasteiger charge is 2.53. The molecule has 2 atom stereocenters. The number of likely N-dealkylation sites (N-methyl/N-ethyl adjacent to an activating group) is 1. The van der Waals surface area contributed by atoms with Crippen molar-refractivity contribution in [2.75, 3.05) is 18.6 Å². The Bertz CT molecular complexity index is 1280. The summed E-state index contributed by atoms with van der Waals surface area (Å²) in [6, 6.07) is 20.4. The molecule has 2 amide bonds. The van der Waals surface area contributed by atoms with E-state index in [1.165, 1.54) is 23.1 Å².